The average Bonchev–Trinajstić information content (AvgIpc) is 3.19. The van der Waals surface area contributed by atoms with Gasteiger partial charge in [0.05, 0.1) is 6.54 Å². The van der Waals surface area contributed by atoms with Gasteiger partial charge in [0, 0.05) is 19.9 Å². The van der Waals surface area contributed by atoms with Crippen LogP contribution in [0.1, 0.15) is 50.7 Å². The van der Waals surface area contributed by atoms with Crippen molar-refractivity contribution in [3.05, 3.63) is 11.6 Å². The van der Waals surface area contributed by atoms with Crippen molar-refractivity contribution < 1.29 is 9.59 Å². The van der Waals surface area contributed by atoms with Gasteiger partial charge in [0.1, 0.15) is 11.9 Å². The van der Waals surface area contributed by atoms with Crippen LogP contribution in [-0.4, -0.2) is 32.6 Å². The third kappa shape index (κ3) is 3.13. The molecular formula is C15H23N5O2. The predicted octanol–water partition coefficient (Wildman–Crippen LogP) is 0.535. The van der Waals surface area contributed by atoms with Crippen LogP contribution in [0, 0.1) is 5.92 Å². The third-order valence-corrected chi connectivity index (χ3v) is 4.62. The topological polar surface area (TPSA) is 88.9 Å². The molecule has 1 aliphatic carbocycles. The highest BCUT2D eigenvalue weighted by Crippen LogP contribution is 2.28. The summed E-state index contributed by atoms with van der Waals surface area (Å²) in [6.45, 7) is 2.75. The van der Waals surface area contributed by atoms with Crippen molar-refractivity contribution in [2.75, 3.05) is 0 Å². The molecule has 1 aromatic heterocycles. The summed E-state index contributed by atoms with van der Waals surface area (Å²) in [5.74, 6) is 1.77. The fourth-order valence-corrected chi connectivity index (χ4v) is 3.52. The molecule has 0 bridgehead atoms. The predicted molar refractivity (Wildman–Crippen MR) is 79.8 cm³/mol. The van der Waals surface area contributed by atoms with Crippen LogP contribution >= 0.6 is 0 Å². The van der Waals surface area contributed by atoms with Crippen LogP contribution in [0.5, 0.6) is 0 Å². The first-order valence-electron chi connectivity index (χ1n) is 8.11. The highest BCUT2D eigenvalue weighted by molar-refractivity contribution is 5.87. The van der Waals surface area contributed by atoms with Crippen LogP contribution in [0.15, 0.2) is 0 Å². The fraction of sp³-hybridized carbons (Fsp3) is 0.733. The van der Waals surface area contributed by atoms with Gasteiger partial charge in [-0.1, -0.05) is 12.8 Å². The molecule has 0 radical (unpaired) electrons. The summed E-state index contributed by atoms with van der Waals surface area (Å²) in [6, 6.07) is -0.430. The number of carbonyl (C=O) groups is 2. The Morgan fingerprint density at radius 1 is 1.27 bits per heavy atom. The molecule has 7 heteroatoms. The van der Waals surface area contributed by atoms with Crippen molar-refractivity contribution in [1.82, 2.24) is 25.4 Å². The molecule has 2 aliphatic rings. The van der Waals surface area contributed by atoms with E-state index in [1.807, 2.05) is 0 Å². The Bertz CT molecular complexity index is 562. The molecular weight excluding hydrogens is 282 g/mol. The molecule has 22 heavy (non-hydrogen) atoms. The Morgan fingerprint density at radius 2 is 2.05 bits per heavy atom. The van der Waals surface area contributed by atoms with E-state index in [9.17, 15) is 9.59 Å². The lowest BCUT2D eigenvalue weighted by Crippen LogP contribution is -2.49. The second-order valence-corrected chi connectivity index (χ2v) is 6.23. The van der Waals surface area contributed by atoms with E-state index in [1.54, 1.807) is 0 Å². The number of fused-ring (bicyclic) bond motifs is 1. The van der Waals surface area contributed by atoms with Gasteiger partial charge in [0.25, 0.3) is 0 Å². The summed E-state index contributed by atoms with van der Waals surface area (Å²) < 4.78 is 2.07. The average molecular weight is 305 g/mol. The fourth-order valence-electron chi connectivity index (χ4n) is 3.52. The maximum absolute atomic E-state index is 12.5. The molecule has 2 amide bonds. The van der Waals surface area contributed by atoms with E-state index in [0.717, 1.165) is 56.7 Å². The number of aryl methyl sites for hydroxylation is 1. The molecule has 120 valence electrons. The minimum absolute atomic E-state index is 0.113. The first-order chi connectivity index (χ1) is 10.6. The third-order valence-electron chi connectivity index (χ3n) is 4.62. The molecule has 1 fully saturated rings. The van der Waals surface area contributed by atoms with E-state index >= 15 is 0 Å². The van der Waals surface area contributed by atoms with Crippen LogP contribution in [0.3, 0.4) is 0 Å². The van der Waals surface area contributed by atoms with Crippen LogP contribution in [0.25, 0.3) is 0 Å². The lowest BCUT2D eigenvalue weighted by Gasteiger charge is -2.23. The number of rotatable bonds is 5. The van der Waals surface area contributed by atoms with E-state index in [1.165, 1.54) is 6.92 Å². The van der Waals surface area contributed by atoms with Gasteiger partial charge in [-0.2, -0.15) is 0 Å². The molecule has 1 aromatic rings. The second-order valence-electron chi connectivity index (χ2n) is 6.23. The minimum atomic E-state index is -0.430. The van der Waals surface area contributed by atoms with Gasteiger partial charge >= 0.3 is 0 Å². The van der Waals surface area contributed by atoms with Gasteiger partial charge in [0.15, 0.2) is 5.82 Å². The molecule has 2 heterocycles. The summed E-state index contributed by atoms with van der Waals surface area (Å²) >= 11 is 0. The summed E-state index contributed by atoms with van der Waals surface area (Å²) in [4.78, 5) is 23.9. The zero-order valence-corrected chi connectivity index (χ0v) is 13.0. The van der Waals surface area contributed by atoms with Gasteiger partial charge in [-0.3, -0.25) is 9.59 Å². The first-order valence-corrected chi connectivity index (χ1v) is 8.11. The second kappa shape index (κ2) is 6.46. The molecule has 0 saturated heterocycles. The summed E-state index contributed by atoms with van der Waals surface area (Å²) in [6.07, 6.45) is 6.30. The van der Waals surface area contributed by atoms with Crippen molar-refractivity contribution in [3.63, 3.8) is 0 Å². The van der Waals surface area contributed by atoms with Crippen LogP contribution in [-0.2, 0) is 29.1 Å². The van der Waals surface area contributed by atoms with Gasteiger partial charge in [-0.05, 0) is 25.2 Å². The summed E-state index contributed by atoms with van der Waals surface area (Å²) in [7, 11) is 0. The van der Waals surface area contributed by atoms with Crippen molar-refractivity contribution in [2.45, 2.75) is 64.6 Å². The smallest absolute Gasteiger partial charge is 0.243 e. The first kappa shape index (κ1) is 15.0. The number of aromatic nitrogens is 3. The zero-order valence-electron chi connectivity index (χ0n) is 13.0. The Kier molecular flexibility index (Phi) is 4.40. The van der Waals surface area contributed by atoms with Crippen LogP contribution < -0.4 is 10.6 Å². The lowest BCUT2D eigenvalue weighted by atomic mass is 9.97. The number of hydrogen-bond donors (Lipinski definition) is 2. The maximum atomic E-state index is 12.5. The number of amides is 2. The number of hydrogen-bond acceptors (Lipinski definition) is 4. The van der Waals surface area contributed by atoms with E-state index < -0.39 is 6.04 Å². The molecule has 0 spiro atoms. The molecule has 0 unspecified atom stereocenters. The van der Waals surface area contributed by atoms with Crippen molar-refractivity contribution in [3.8, 4) is 0 Å². The van der Waals surface area contributed by atoms with Gasteiger partial charge < -0.3 is 15.2 Å². The SMILES string of the molecule is CC(=O)N[C@@H](C(=O)NCc1nnc2n1CCC2)C1CCCC1. The van der Waals surface area contributed by atoms with E-state index in [0.29, 0.717) is 6.54 Å². The quantitative estimate of drug-likeness (QED) is 0.831. The highest BCUT2D eigenvalue weighted by atomic mass is 16.2. The van der Waals surface area contributed by atoms with E-state index in [2.05, 4.69) is 25.4 Å². The molecule has 0 aromatic carbocycles. The van der Waals surface area contributed by atoms with Gasteiger partial charge in [0.2, 0.25) is 11.8 Å². The molecule has 1 saturated carbocycles. The Labute approximate surface area is 129 Å². The van der Waals surface area contributed by atoms with Gasteiger partial charge in [-0.15, -0.1) is 10.2 Å². The number of nitrogens with one attached hydrogen (secondary N) is 2. The van der Waals surface area contributed by atoms with Crippen LogP contribution in [0.2, 0.25) is 0 Å². The molecule has 3 rings (SSSR count). The Hall–Kier alpha value is -1.92. The van der Waals surface area contributed by atoms with Gasteiger partial charge in [-0.25, -0.2) is 0 Å². The van der Waals surface area contributed by atoms with E-state index in [-0.39, 0.29) is 17.7 Å². The normalized spacial score (nSPS) is 19.0. The standard InChI is InChI=1S/C15H23N5O2/c1-10(21)17-14(11-5-2-3-6-11)15(22)16-9-13-19-18-12-7-4-8-20(12)13/h11,14H,2-9H2,1H3,(H,16,22)(H,17,21)/t14-/m1/s1. The highest BCUT2D eigenvalue weighted by Gasteiger charge is 2.31. The van der Waals surface area contributed by atoms with Crippen molar-refractivity contribution in [2.24, 2.45) is 5.92 Å². The lowest BCUT2D eigenvalue weighted by molar-refractivity contribution is -0.129. The minimum Gasteiger partial charge on any atom is -0.347 e. The van der Waals surface area contributed by atoms with E-state index in [4.69, 9.17) is 0 Å². The van der Waals surface area contributed by atoms with Crippen LogP contribution in [0.4, 0.5) is 0 Å². The molecule has 7 nitrogen and oxygen atoms in total. The zero-order chi connectivity index (χ0) is 15.5. The molecule has 2 N–H and O–H groups in total. The maximum Gasteiger partial charge on any atom is 0.243 e. The Morgan fingerprint density at radius 3 is 2.77 bits per heavy atom. The number of nitrogens with zero attached hydrogens (tertiary/aromatic N) is 3. The van der Waals surface area contributed by atoms with Crippen molar-refractivity contribution >= 4 is 11.8 Å². The molecule has 1 atom stereocenters. The van der Waals surface area contributed by atoms with Crippen molar-refractivity contribution in [1.29, 1.82) is 0 Å². The summed E-state index contributed by atoms with van der Waals surface area (Å²) in [5.41, 5.74) is 0. The summed E-state index contributed by atoms with van der Waals surface area (Å²) in [5, 5.41) is 14.0. The Balaban J connectivity index is 1.61. The monoisotopic (exact) mass is 305 g/mol. The largest absolute Gasteiger partial charge is 0.347 e. The number of carbonyl (C=O) groups excluding carboxylic acids is 2. The molecule has 1 aliphatic heterocycles.